The Balaban J connectivity index is 2.36. The molecule has 0 spiro atoms. The van der Waals surface area contributed by atoms with Gasteiger partial charge in [-0.3, -0.25) is 4.79 Å². The van der Waals surface area contributed by atoms with E-state index in [1.54, 1.807) is 13.0 Å². The molecule has 152 valence electrons. The molecule has 0 saturated heterocycles. The van der Waals surface area contributed by atoms with Crippen LogP contribution in [0.1, 0.15) is 72.6 Å². The first-order valence-electron chi connectivity index (χ1n) is 9.09. The van der Waals surface area contributed by atoms with Gasteiger partial charge >= 0.3 is 5.97 Å². The minimum atomic E-state index is -0.838. The van der Waals surface area contributed by atoms with Gasteiger partial charge < -0.3 is 10.1 Å². The monoisotopic (exact) mass is 409 g/mol. The zero-order valence-corrected chi connectivity index (χ0v) is 17.5. The Labute approximate surface area is 167 Å². The minimum Gasteiger partial charge on any atom is -0.462 e. The number of benzene rings is 1. The van der Waals surface area contributed by atoms with Crippen molar-refractivity contribution in [1.82, 2.24) is 0 Å². The molecule has 2 aromatic rings. The maximum absolute atomic E-state index is 13.9. The number of thiophene rings is 1. The summed E-state index contributed by atoms with van der Waals surface area (Å²) in [6, 6.07) is 4.36. The fourth-order valence-electron chi connectivity index (χ4n) is 2.97. The van der Waals surface area contributed by atoms with E-state index in [9.17, 15) is 18.4 Å². The van der Waals surface area contributed by atoms with Crippen molar-refractivity contribution >= 4 is 28.2 Å². The van der Waals surface area contributed by atoms with Crippen molar-refractivity contribution in [2.45, 2.75) is 47.0 Å². The van der Waals surface area contributed by atoms with Crippen LogP contribution >= 0.6 is 11.3 Å². The fourth-order valence-corrected chi connectivity index (χ4v) is 4.06. The molecule has 0 unspecified atom stereocenters. The Kier molecular flexibility index (Phi) is 6.93. The maximum atomic E-state index is 13.9. The molecular formula is C21H25F2NO3S. The predicted molar refractivity (Wildman–Crippen MR) is 107 cm³/mol. The van der Waals surface area contributed by atoms with Gasteiger partial charge in [0.2, 0.25) is 0 Å². The van der Waals surface area contributed by atoms with Gasteiger partial charge in [0.25, 0.3) is 5.91 Å². The third kappa shape index (κ3) is 5.61. The van der Waals surface area contributed by atoms with Crippen molar-refractivity contribution in [2.24, 2.45) is 5.41 Å². The van der Waals surface area contributed by atoms with Crippen LogP contribution in [0.2, 0.25) is 0 Å². The number of esters is 1. The first-order valence-corrected chi connectivity index (χ1v) is 9.90. The van der Waals surface area contributed by atoms with E-state index in [2.05, 4.69) is 26.1 Å². The molecule has 0 aliphatic carbocycles. The van der Waals surface area contributed by atoms with Gasteiger partial charge in [-0.1, -0.05) is 27.7 Å². The van der Waals surface area contributed by atoms with Crippen molar-refractivity contribution in [2.75, 3.05) is 11.9 Å². The summed E-state index contributed by atoms with van der Waals surface area (Å²) in [7, 11) is 0. The average molecular weight is 409 g/mol. The Morgan fingerprint density at radius 1 is 1.18 bits per heavy atom. The number of anilines is 1. The molecule has 4 nitrogen and oxygen atoms in total. The van der Waals surface area contributed by atoms with E-state index in [1.807, 2.05) is 6.92 Å². The van der Waals surface area contributed by atoms with Crippen molar-refractivity contribution < 1.29 is 23.1 Å². The molecule has 0 radical (unpaired) electrons. The van der Waals surface area contributed by atoms with Crippen molar-refractivity contribution in [3.8, 4) is 0 Å². The molecule has 0 bridgehead atoms. The number of carbonyl (C=O) groups excluding carboxylic acids is 2. The molecule has 7 heteroatoms. The van der Waals surface area contributed by atoms with Crippen LogP contribution in [-0.2, 0) is 4.74 Å². The number of rotatable bonds is 6. The minimum absolute atomic E-state index is 0.0849. The molecule has 28 heavy (non-hydrogen) atoms. The third-order valence-electron chi connectivity index (χ3n) is 4.05. The Hall–Kier alpha value is -2.28. The molecule has 0 aliphatic heterocycles. The molecule has 1 amide bonds. The third-order valence-corrected chi connectivity index (χ3v) is 5.33. The molecule has 1 aromatic carbocycles. The highest BCUT2D eigenvalue weighted by molar-refractivity contribution is 7.16. The summed E-state index contributed by atoms with van der Waals surface area (Å²) in [6.45, 7) is 10.3. The van der Waals surface area contributed by atoms with E-state index in [1.165, 1.54) is 11.3 Å². The first-order chi connectivity index (χ1) is 13.0. The van der Waals surface area contributed by atoms with E-state index in [-0.39, 0.29) is 28.5 Å². The predicted octanol–water partition coefficient (Wildman–Crippen LogP) is 6.00. The van der Waals surface area contributed by atoms with Gasteiger partial charge in [0.1, 0.15) is 16.6 Å². The van der Waals surface area contributed by atoms with Crippen LogP contribution in [0.15, 0.2) is 24.3 Å². The van der Waals surface area contributed by atoms with E-state index in [4.69, 9.17) is 4.74 Å². The number of halogens is 2. The molecule has 1 atom stereocenters. The molecule has 1 N–H and O–H groups in total. The van der Waals surface area contributed by atoms with Gasteiger partial charge in [-0.15, -0.1) is 11.3 Å². The highest BCUT2D eigenvalue weighted by Crippen LogP contribution is 2.38. The van der Waals surface area contributed by atoms with Gasteiger partial charge in [0, 0.05) is 4.88 Å². The molecule has 0 fully saturated rings. The molecule has 0 saturated carbocycles. The largest absolute Gasteiger partial charge is 0.462 e. The molecule has 0 aliphatic rings. The standard InChI is InChI=1S/C21H25F2NO3S/c1-6-27-20(26)15-10-17(12(2)11-21(3,4)5)28-19(15)24-18(25)14-9-13(22)7-8-16(14)23/h7-10,12H,6,11H2,1-5H3,(H,24,25)/t12-/m0/s1. The lowest BCUT2D eigenvalue weighted by molar-refractivity contribution is 0.0528. The highest BCUT2D eigenvalue weighted by atomic mass is 32.1. The fraction of sp³-hybridized carbons (Fsp3) is 0.429. The van der Waals surface area contributed by atoms with Gasteiger partial charge in [-0.05, 0) is 48.9 Å². The number of carbonyl (C=O) groups is 2. The van der Waals surface area contributed by atoms with Crippen LogP contribution in [0, 0.1) is 17.0 Å². The van der Waals surface area contributed by atoms with Gasteiger partial charge in [-0.25, -0.2) is 13.6 Å². The quantitative estimate of drug-likeness (QED) is 0.596. The lowest BCUT2D eigenvalue weighted by atomic mass is 9.85. The van der Waals surface area contributed by atoms with Gasteiger partial charge in [0.15, 0.2) is 0 Å². The van der Waals surface area contributed by atoms with E-state index >= 15 is 0 Å². The zero-order valence-electron chi connectivity index (χ0n) is 16.7. The van der Waals surface area contributed by atoms with E-state index in [0.29, 0.717) is 0 Å². The first kappa shape index (κ1) is 22.0. The summed E-state index contributed by atoms with van der Waals surface area (Å²) in [6.07, 6.45) is 0.877. The number of amides is 1. The summed E-state index contributed by atoms with van der Waals surface area (Å²) in [4.78, 5) is 25.7. The Morgan fingerprint density at radius 3 is 2.46 bits per heavy atom. The van der Waals surface area contributed by atoms with Crippen LogP contribution in [0.25, 0.3) is 0 Å². The normalized spacial score (nSPS) is 12.5. The maximum Gasteiger partial charge on any atom is 0.341 e. The van der Waals surface area contributed by atoms with Crippen LogP contribution in [-0.4, -0.2) is 18.5 Å². The van der Waals surface area contributed by atoms with Crippen LogP contribution < -0.4 is 5.32 Å². The molecular weight excluding hydrogens is 384 g/mol. The molecule has 1 aromatic heterocycles. The van der Waals surface area contributed by atoms with E-state index < -0.39 is 29.1 Å². The smallest absolute Gasteiger partial charge is 0.341 e. The average Bonchev–Trinajstić information content (AvgIpc) is 3.00. The number of hydrogen-bond acceptors (Lipinski definition) is 4. The molecule has 2 rings (SSSR count). The second-order valence-electron chi connectivity index (χ2n) is 7.86. The number of nitrogens with one attached hydrogen (secondary N) is 1. The topological polar surface area (TPSA) is 55.4 Å². The number of hydrogen-bond donors (Lipinski definition) is 1. The number of ether oxygens (including phenoxy) is 1. The Bertz CT molecular complexity index is 871. The second kappa shape index (κ2) is 8.82. The van der Waals surface area contributed by atoms with Crippen LogP contribution in [0.4, 0.5) is 13.8 Å². The van der Waals surface area contributed by atoms with Gasteiger partial charge in [-0.2, -0.15) is 0 Å². The van der Waals surface area contributed by atoms with Crippen molar-refractivity contribution in [3.05, 3.63) is 51.9 Å². The summed E-state index contributed by atoms with van der Waals surface area (Å²) in [5, 5.41) is 2.81. The lowest BCUT2D eigenvalue weighted by Crippen LogP contribution is -2.15. The Morgan fingerprint density at radius 2 is 1.86 bits per heavy atom. The lowest BCUT2D eigenvalue weighted by Gasteiger charge is -2.22. The summed E-state index contributed by atoms with van der Waals surface area (Å²) >= 11 is 1.25. The van der Waals surface area contributed by atoms with Gasteiger partial charge in [0.05, 0.1) is 17.7 Å². The van der Waals surface area contributed by atoms with Crippen LogP contribution in [0.5, 0.6) is 0 Å². The summed E-state index contributed by atoms with van der Waals surface area (Å²) in [5.41, 5.74) is -0.123. The SMILES string of the molecule is CCOC(=O)c1cc([C@@H](C)CC(C)(C)C)sc1NC(=O)c1cc(F)ccc1F. The van der Waals surface area contributed by atoms with Crippen LogP contribution in [0.3, 0.4) is 0 Å². The summed E-state index contributed by atoms with van der Waals surface area (Å²) in [5.74, 6) is -2.80. The highest BCUT2D eigenvalue weighted by Gasteiger charge is 2.25. The van der Waals surface area contributed by atoms with Crippen molar-refractivity contribution in [3.63, 3.8) is 0 Å². The van der Waals surface area contributed by atoms with Crippen molar-refractivity contribution in [1.29, 1.82) is 0 Å². The van der Waals surface area contributed by atoms with E-state index in [0.717, 1.165) is 29.5 Å². The zero-order chi connectivity index (χ0) is 21.1. The summed E-state index contributed by atoms with van der Waals surface area (Å²) < 4.78 is 32.4. The second-order valence-corrected chi connectivity index (χ2v) is 8.94. The molecule has 1 heterocycles.